The number of benzene rings is 1. The molecule has 6 nitrogen and oxygen atoms in total. The lowest BCUT2D eigenvalue weighted by Crippen LogP contribution is -2.69. The van der Waals surface area contributed by atoms with Crippen molar-refractivity contribution in [3.63, 3.8) is 0 Å². The third-order valence-electron chi connectivity index (χ3n) is 5.58. The molecule has 1 unspecified atom stereocenters. The van der Waals surface area contributed by atoms with E-state index in [1.165, 1.54) is 0 Å². The van der Waals surface area contributed by atoms with E-state index >= 15 is 0 Å². The molecule has 1 aromatic rings. The quantitative estimate of drug-likeness (QED) is 0.555. The molecule has 0 heterocycles. The van der Waals surface area contributed by atoms with Crippen LogP contribution in [0.3, 0.4) is 0 Å². The molecule has 0 saturated heterocycles. The van der Waals surface area contributed by atoms with Gasteiger partial charge in [0.1, 0.15) is 5.75 Å². The molecule has 3 fully saturated rings. The summed E-state index contributed by atoms with van der Waals surface area (Å²) in [5.41, 5.74) is -0.741. The summed E-state index contributed by atoms with van der Waals surface area (Å²) in [7, 11) is 0. The van der Waals surface area contributed by atoms with Crippen molar-refractivity contribution < 1.29 is 19.7 Å². The van der Waals surface area contributed by atoms with Gasteiger partial charge >= 0.3 is 6.09 Å². The summed E-state index contributed by atoms with van der Waals surface area (Å²) in [4.78, 5) is 11.0. The highest BCUT2D eigenvalue weighted by atomic mass is 35.5. The highest BCUT2D eigenvalue weighted by Gasteiger charge is 2.54. The summed E-state index contributed by atoms with van der Waals surface area (Å²) in [6.07, 6.45) is 2.86. The largest absolute Gasteiger partial charge is 0.494 e. The highest BCUT2D eigenvalue weighted by molar-refractivity contribution is 6.30. The molecule has 25 heavy (non-hydrogen) atoms. The lowest BCUT2D eigenvalue weighted by Gasteiger charge is -2.56. The Morgan fingerprint density at radius 3 is 2.52 bits per heavy atom. The van der Waals surface area contributed by atoms with Gasteiger partial charge in [0.05, 0.1) is 18.2 Å². The Labute approximate surface area is 152 Å². The maximum absolute atomic E-state index is 11.0. The van der Waals surface area contributed by atoms with Gasteiger partial charge < -0.3 is 25.6 Å². The minimum atomic E-state index is -1.05. The molecule has 0 aromatic heterocycles. The van der Waals surface area contributed by atoms with E-state index in [1.807, 2.05) is 12.1 Å². The van der Waals surface area contributed by atoms with E-state index in [0.717, 1.165) is 31.6 Å². The van der Waals surface area contributed by atoms with Gasteiger partial charge in [-0.25, -0.2) is 4.79 Å². The van der Waals surface area contributed by atoms with Crippen molar-refractivity contribution in [3.05, 3.63) is 29.3 Å². The number of rotatable bonds is 7. The predicted molar refractivity (Wildman–Crippen MR) is 95.3 cm³/mol. The Hall–Kier alpha value is -1.50. The van der Waals surface area contributed by atoms with Gasteiger partial charge in [-0.1, -0.05) is 11.6 Å². The van der Waals surface area contributed by atoms with Crippen LogP contribution in [0.15, 0.2) is 24.3 Å². The van der Waals surface area contributed by atoms with Crippen LogP contribution in [0.5, 0.6) is 5.75 Å². The number of carboxylic acid groups (broad SMARTS) is 1. The minimum absolute atomic E-state index is 0.0817. The molecule has 1 aromatic carbocycles. The number of ether oxygens (including phenoxy) is 1. The molecule has 4 rings (SSSR count). The van der Waals surface area contributed by atoms with Gasteiger partial charge in [-0.3, -0.25) is 0 Å². The average molecular weight is 369 g/mol. The van der Waals surface area contributed by atoms with Crippen molar-refractivity contribution >= 4 is 17.7 Å². The number of hydrogen-bond donors (Lipinski definition) is 4. The summed E-state index contributed by atoms with van der Waals surface area (Å²) in [5, 5.41) is 26.3. The molecule has 0 aliphatic heterocycles. The molecule has 3 saturated carbocycles. The summed E-state index contributed by atoms with van der Waals surface area (Å²) in [5.74, 6) is 0.804. The van der Waals surface area contributed by atoms with Gasteiger partial charge in [0.2, 0.25) is 0 Å². The fourth-order valence-corrected chi connectivity index (χ4v) is 4.22. The van der Waals surface area contributed by atoms with Crippen molar-refractivity contribution in [1.29, 1.82) is 0 Å². The van der Waals surface area contributed by atoms with Gasteiger partial charge in [0.15, 0.2) is 0 Å². The third-order valence-corrected chi connectivity index (χ3v) is 5.83. The number of aliphatic hydroxyl groups is 1. The Kier molecular flexibility index (Phi) is 5.41. The van der Waals surface area contributed by atoms with Crippen LogP contribution in [0.4, 0.5) is 4.79 Å². The summed E-state index contributed by atoms with van der Waals surface area (Å²) < 4.78 is 5.68. The minimum Gasteiger partial charge on any atom is -0.494 e. The van der Waals surface area contributed by atoms with E-state index in [-0.39, 0.29) is 5.54 Å². The number of nitrogens with one attached hydrogen (secondary N) is 2. The molecule has 3 aliphatic carbocycles. The van der Waals surface area contributed by atoms with Crippen molar-refractivity contribution in [3.8, 4) is 5.75 Å². The van der Waals surface area contributed by atoms with Crippen LogP contribution in [-0.2, 0) is 0 Å². The predicted octanol–water partition coefficient (Wildman–Crippen LogP) is 2.78. The zero-order chi connectivity index (χ0) is 17.9. The summed E-state index contributed by atoms with van der Waals surface area (Å²) in [6, 6.07) is 7.30. The van der Waals surface area contributed by atoms with E-state index in [4.69, 9.17) is 21.4 Å². The van der Waals surface area contributed by atoms with Gasteiger partial charge in [-0.05, 0) is 69.3 Å². The SMILES string of the molecule is O=C(O)NC12CCC(NCCCOc3ccc(Cl)cc3)(CC1)CC2O. The van der Waals surface area contributed by atoms with Crippen LogP contribution in [0, 0.1) is 0 Å². The van der Waals surface area contributed by atoms with Crippen LogP contribution in [0.1, 0.15) is 38.5 Å². The maximum atomic E-state index is 11.0. The summed E-state index contributed by atoms with van der Waals surface area (Å²) >= 11 is 5.84. The van der Waals surface area contributed by atoms with Gasteiger partial charge in [-0.2, -0.15) is 0 Å². The van der Waals surface area contributed by atoms with Gasteiger partial charge in [0.25, 0.3) is 0 Å². The highest BCUT2D eigenvalue weighted by Crippen LogP contribution is 2.46. The molecule has 0 spiro atoms. The Bertz CT molecular complexity index is 600. The van der Waals surface area contributed by atoms with Crippen molar-refractivity contribution in [2.24, 2.45) is 0 Å². The number of fused-ring (bicyclic) bond motifs is 3. The number of hydrogen-bond acceptors (Lipinski definition) is 4. The second kappa shape index (κ2) is 7.40. The first-order valence-corrected chi connectivity index (χ1v) is 9.14. The molecular weight excluding hydrogens is 344 g/mol. The van der Waals surface area contributed by atoms with Gasteiger partial charge in [0, 0.05) is 10.6 Å². The fourth-order valence-electron chi connectivity index (χ4n) is 4.09. The number of aliphatic hydroxyl groups excluding tert-OH is 1. The number of amides is 1. The molecule has 0 radical (unpaired) electrons. The monoisotopic (exact) mass is 368 g/mol. The molecule has 3 aliphatic rings. The van der Waals surface area contributed by atoms with Crippen molar-refractivity contribution in [2.45, 2.75) is 55.7 Å². The molecule has 2 bridgehead atoms. The van der Waals surface area contributed by atoms with Gasteiger partial charge in [-0.15, -0.1) is 0 Å². The Morgan fingerprint density at radius 1 is 1.24 bits per heavy atom. The average Bonchev–Trinajstić information content (AvgIpc) is 2.57. The standard InChI is InChI=1S/C18H25ClN2O4/c19-13-2-4-14(5-3-13)25-11-1-10-20-17-6-8-18(9-7-17,15(22)12-17)21-16(23)24/h2-5,15,20-22H,1,6-12H2,(H,23,24). The van der Waals surface area contributed by atoms with Crippen LogP contribution in [-0.4, -0.2) is 46.6 Å². The normalized spacial score (nSPS) is 30.9. The number of halogens is 1. The Balaban J connectivity index is 1.42. The third kappa shape index (κ3) is 4.19. The molecular formula is C18H25ClN2O4. The van der Waals surface area contributed by atoms with E-state index in [2.05, 4.69) is 10.6 Å². The molecule has 138 valence electrons. The van der Waals surface area contributed by atoms with Crippen LogP contribution in [0.25, 0.3) is 0 Å². The number of carbonyl (C=O) groups is 1. The van der Waals surface area contributed by atoms with E-state index in [9.17, 15) is 9.90 Å². The first-order valence-electron chi connectivity index (χ1n) is 8.76. The second-order valence-electron chi connectivity index (χ2n) is 7.17. The first kappa shape index (κ1) is 18.3. The Morgan fingerprint density at radius 2 is 1.92 bits per heavy atom. The van der Waals surface area contributed by atoms with Crippen molar-refractivity contribution in [2.75, 3.05) is 13.2 Å². The second-order valence-corrected chi connectivity index (χ2v) is 7.61. The zero-order valence-electron chi connectivity index (χ0n) is 14.1. The molecule has 4 N–H and O–H groups in total. The maximum Gasteiger partial charge on any atom is 0.405 e. The molecule has 7 heteroatoms. The fraction of sp³-hybridized carbons (Fsp3) is 0.611. The van der Waals surface area contributed by atoms with E-state index in [0.29, 0.717) is 30.9 Å². The topological polar surface area (TPSA) is 90.8 Å². The van der Waals surface area contributed by atoms with Crippen LogP contribution in [0.2, 0.25) is 5.02 Å². The lowest BCUT2D eigenvalue weighted by molar-refractivity contribution is -0.0589. The van der Waals surface area contributed by atoms with Crippen LogP contribution < -0.4 is 15.4 Å². The van der Waals surface area contributed by atoms with Crippen molar-refractivity contribution in [1.82, 2.24) is 10.6 Å². The lowest BCUT2D eigenvalue weighted by atomic mass is 9.60. The molecule has 1 atom stereocenters. The zero-order valence-corrected chi connectivity index (χ0v) is 14.9. The van der Waals surface area contributed by atoms with Crippen LogP contribution >= 0.6 is 11.6 Å². The molecule has 1 amide bonds. The first-order chi connectivity index (χ1) is 11.9. The van der Waals surface area contributed by atoms with E-state index < -0.39 is 17.7 Å². The summed E-state index contributed by atoms with van der Waals surface area (Å²) in [6.45, 7) is 1.41. The van der Waals surface area contributed by atoms with E-state index in [1.54, 1.807) is 12.1 Å². The smallest absolute Gasteiger partial charge is 0.405 e.